The Kier molecular flexibility index (Phi) is 5.44. The number of benzene rings is 3. The van der Waals surface area contributed by atoms with Crippen LogP contribution in [-0.4, -0.2) is 21.4 Å². The third-order valence-electron chi connectivity index (χ3n) is 4.61. The Morgan fingerprint density at radius 1 is 0.867 bits per heavy atom. The van der Waals surface area contributed by atoms with Crippen LogP contribution in [0.1, 0.15) is 20.7 Å². The summed E-state index contributed by atoms with van der Waals surface area (Å²) in [5.41, 5.74) is 2.57. The standard InChI is InChI=1S/C22H16Cl2N4O2/c1-28-19-9-5-4-8-18(19)26-22(28)27-21(30)15-6-2-3-7-17(15)25-20(29)14-11-10-13(23)12-16(14)24/h2-12H,1H3,(H,25,29)(H,26,27,30). The lowest BCUT2D eigenvalue weighted by Gasteiger charge is -2.12. The molecule has 0 atom stereocenters. The van der Waals surface area contributed by atoms with Crippen molar-refractivity contribution < 1.29 is 9.59 Å². The molecule has 3 aromatic carbocycles. The summed E-state index contributed by atoms with van der Waals surface area (Å²) in [5.74, 6) is -0.436. The topological polar surface area (TPSA) is 76.0 Å². The van der Waals surface area contributed by atoms with Crippen molar-refractivity contribution in [3.63, 3.8) is 0 Å². The lowest BCUT2D eigenvalue weighted by Crippen LogP contribution is -2.19. The first-order valence-corrected chi connectivity index (χ1v) is 9.78. The maximum absolute atomic E-state index is 12.9. The highest BCUT2D eigenvalue weighted by atomic mass is 35.5. The van der Waals surface area contributed by atoms with Gasteiger partial charge in [-0.25, -0.2) is 4.98 Å². The third-order valence-corrected chi connectivity index (χ3v) is 5.16. The van der Waals surface area contributed by atoms with Gasteiger partial charge in [-0.2, -0.15) is 0 Å². The van der Waals surface area contributed by atoms with Crippen LogP contribution < -0.4 is 10.6 Å². The molecule has 2 N–H and O–H groups in total. The fourth-order valence-electron chi connectivity index (χ4n) is 3.08. The third kappa shape index (κ3) is 3.87. The van der Waals surface area contributed by atoms with Crippen LogP contribution in [0.15, 0.2) is 66.7 Å². The van der Waals surface area contributed by atoms with Crippen molar-refractivity contribution >= 4 is 57.7 Å². The summed E-state index contributed by atoms with van der Waals surface area (Å²) in [5, 5.41) is 6.20. The highest BCUT2D eigenvalue weighted by Crippen LogP contribution is 2.24. The van der Waals surface area contributed by atoms with Gasteiger partial charge in [-0.3, -0.25) is 14.9 Å². The number of hydrogen-bond acceptors (Lipinski definition) is 3. The van der Waals surface area contributed by atoms with Gasteiger partial charge in [0.15, 0.2) is 0 Å². The molecule has 8 heteroatoms. The molecule has 4 aromatic rings. The summed E-state index contributed by atoms with van der Waals surface area (Å²) in [6.07, 6.45) is 0. The van der Waals surface area contributed by atoms with Gasteiger partial charge < -0.3 is 9.88 Å². The molecular weight excluding hydrogens is 423 g/mol. The number of hydrogen-bond donors (Lipinski definition) is 2. The van der Waals surface area contributed by atoms with Crippen LogP contribution >= 0.6 is 23.2 Å². The van der Waals surface area contributed by atoms with Crippen molar-refractivity contribution in [2.75, 3.05) is 10.6 Å². The lowest BCUT2D eigenvalue weighted by molar-refractivity contribution is 0.102. The lowest BCUT2D eigenvalue weighted by atomic mass is 10.1. The number of nitrogens with one attached hydrogen (secondary N) is 2. The Morgan fingerprint density at radius 2 is 1.57 bits per heavy atom. The second-order valence-corrected chi connectivity index (χ2v) is 7.40. The monoisotopic (exact) mass is 438 g/mol. The summed E-state index contributed by atoms with van der Waals surface area (Å²) in [6.45, 7) is 0. The van der Waals surface area contributed by atoms with Crippen LogP contribution in [0.2, 0.25) is 10.0 Å². The minimum atomic E-state index is -0.445. The van der Waals surface area contributed by atoms with E-state index in [1.54, 1.807) is 34.9 Å². The molecule has 0 saturated heterocycles. The van der Waals surface area contributed by atoms with Gasteiger partial charge in [0, 0.05) is 12.1 Å². The van der Waals surface area contributed by atoms with Crippen LogP contribution in [0, 0.1) is 0 Å². The van der Waals surface area contributed by atoms with Crippen molar-refractivity contribution in [3.8, 4) is 0 Å². The van der Waals surface area contributed by atoms with Crippen LogP contribution in [0.3, 0.4) is 0 Å². The number of carbonyl (C=O) groups excluding carboxylic acids is 2. The van der Waals surface area contributed by atoms with Crippen molar-refractivity contribution in [2.45, 2.75) is 0 Å². The quantitative estimate of drug-likeness (QED) is 0.448. The van der Waals surface area contributed by atoms with Gasteiger partial charge in [0.1, 0.15) is 0 Å². The maximum atomic E-state index is 12.9. The Morgan fingerprint density at radius 3 is 2.33 bits per heavy atom. The van der Waals surface area contributed by atoms with Gasteiger partial charge >= 0.3 is 0 Å². The van der Waals surface area contributed by atoms with Crippen molar-refractivity contribution in [3.05, 3.63) is 87.9 Å². The second-order valence-electron chi connectivity index (χ2n) is 6.56. The number of amides is 2. The molecule has 0 aliphatic heterocycles. The summed E-state index contributed by atoms with van der Waals surface area (Å²) in [6, 6.07) is 18.9. The molecule has 0 unspecified atom stereocenters. The normalized spacial score (nSPS) is 10.8. The highest BCUT2D eigenvalue weighted by molar-refractivity contribution is 6.37. The Bertz CT molecular complexity index is 1280. The summed E-state index contributed by atoms with van der Waals surface area (Å²) >= 11 is 12.0. The Labute approximate surface area is 182 Å². The van der Waals surface area contributed by atoms with E-state index in [4.69, 9.17) is 23.2 Å². The first-order valence-electron chi connectivity index (χ1n) is 9.02. The number of fused-ring (bicyclic) bond motifs is 1. The molecule has 0 aliphatic rings. The van der Waals surface area contributed by atoms with Crippen LogP contribution in [0.5, 0.6) is 0 Å². The Balaban J connectivity index is 1.60. The molecule has 150 valence electrons. The van der Waals surface area contributed by atoms with Crippen molar-refractivity contribution in [1.82, 2.24) is 9.55 Å². The smallest absolute Gasteiger partial charge is 0.260 e. The van der Waals surface area contributed by atoms with Gasteiger partial charge in [-0.05, 0) is 42.5 Å². The molecule has 4 rings (SSSR count). The molecule has 2 amide bonds. The summed E-state index contributed by atoms with van der Waals surface area (Å²) in [7, 11) is 1.82. The zero-order chi connectivity index (χ0) is 21.3. The predicted molar refractivity (Wildman–Crippen MR) is 120 cm³/mol. The van der Waals surface area contributed by atoms with Crippen LogP contribution in [0.4, 0.5) is 11.6 Å². The Hall–Kier alpha value is -3.35. The first-order chi connectivity index (χ1) is 14.4. The van der Waals surface area contributed by atoms with Gasteiger partial charge in [-0.15, -0.1) is 0 Å². The number of nitrogens with zero attached hydrogens (tertiary/aromatic N) is 2. The summed E-state index contributed by atoms with van der Waals surface area (Å²) < 4.78 is 1.79. The van der Waals surface area contributed by atoms with E-state index in [-0.39, 0.29) is 10.6 Å². The van der Waals surface area contributed by atoms with Crippen molar-refractivity contribution in [2.24, 2.45) is 7.05 Å². The zero-order valence-corrected chi connectivity index (χ0v) is 17.3. The average Bonchev–Trinajstić information content (AvgIpc) is 3.04. The largest absolute Gasteiger partial charge is 0.321 e. The van der Waals surface area contributed by atoms with Gasteiger partial charge in [0.2, 0.25) is 5.95 Å². The molecule has 0 fully saturated rings. The number of carbonyl (C=O) groups is 2. The van der Waals surface area contributed by atoms with E-state index in [1.807, 2.05) is 31.3 Å². The first kappa shape index (κ1) is 19.9. The molecule has 30 heavy (non-hydrogen) atoms. The fourth-order valence-corrected chi connectivity index (χ4v) is 3.57. The minimum Gasteiger partial charge on any atom is -0.321 e. The van der Waals surface area contributed by atoms with Gasteiger partial charge in [0.25, 0.3) is 11.8 Å². The van der Waals surface area contributed by atoms with E-state index in [0.29, 0.717) is 22.2 Å². The van der Waals surface area contributed by atoms with E-state index >= 15 is 0 Å². The second kappa shape index (κ2) is 8.18. The predicted octanol–water partition coefficient (Wildman–Crippen LogP) is 5.38. The number of rotatable bonds is 4. The molecule has 0 aliphatic carbocycles. The van der Waals surface area contributed by atoms with Crippen molar-refractivity contribution in [1.29, 1.82) is 0 Å². The highest BCUT2D eigenvalue weighted by Gasteiger charge is 2.18. The molecule has 1 heterocycles. The van der Waals surface area contributed by atoms with E-state index in [1.165, 1.54) is 12.1 Å². The number of halogens is 2. The van der Waals surface area contributed by atoms with E-state index in [0.717, 1.165) is 11.0 Å². The molecule has 0 spiro atoms. The van der Waals surface area contributed by atoms with E-state index in [9.17, 15) is 9.59 Å². The maximum Gasteiger partial charge on any atom is 0.260 e. The molecule has 6 nitrogen and oxygen atoms in total. The van der Waals surface area contributed by atoms with E-state index < -0.39 is 11.8 Å². The zero-order valence-electron chi connectivity index (χ0n) is 15.8. The van der Waals surface area contributed by atoms with Gasteiger partial charge in [-0.1, -0.05) is 47.5 Å². The van der Waals surface area contributed by atoms with Gasteiger partial charge in [0.05, 0.1) is 32.9 Å². The number of aryl methyl sites for hydroxylation is 1. The average molecular weight is 439 g/mol. The number of para-hydroxylation sites is 3. The molecule has 0 saturated carbocycles. The number of aromatic nitrogens is 2. The molecule has 0 radical (unpaired) electrons. The fraction of sp³-hybridized carbons (Fsp3) is 0.0455. The minimum absolute atomic E-state index is 0.224. The van der Waals surface area contributed by atoms with Crippen LogP contribution in [-0.2, 0) is 7.05 Å². The van der Waals surface area contributed by atoms with Crippen LogP contribution in [0.25, 0.3) is 11.0 Å². The summed E-state index contributed by atoms with van der Waals surface area (Å²) in [4.78, 5) is 30.0. The van der Waals surface area contributed by atoms with E-state index in [2.05, 4.69) is 15.6 Å². The number of imidazole rings is 1. The molecule has 1 aromatic heterocycles. The SMILES string of the molecule is Cn1c(NC(=O)c2ccccc2NC(=O)c2ccc(Cl)cc2Cl)nc2ccccc21. The molecular formula is C22H16Cl2N4O2. The molecule has 0 bridgehead atoms. The number of anilines is 2.